The van der Waals surface area contributed by atoms with Crippen LogP contribution >= 0.6 is 11.6 Å². The summed E-state index contributed by atoms with van der Waals surface area (Å²) < 4.78 is 11.2. The first-order chi connectivity index (χ1) is 13.6. The highest BCUT2D eigenvalue weighted by Gasteiger charge is 2.12. The van der Waals surface area contributed by atoms with Crippen molar-refractivity contribution in [3.8, 4) is 17.6 Å². The molecule has 0 spiro atoms. The number of hydrogen-bond acceptors (Lipinski definition) is 4. The molecule has 0 aliphatic rings. The largest absolute Gasteiger partial charge is 0.493 e. The van der Waals surface area contributed by atoms with Crippen LogP contribution in [0.1, 0.15) is 21.5 Å². The number of rotatable bonds is 6. The minimum atomic E-state index is -0.314. The molecular formula is C22H17ClN2O3. The molecule has 5 nitrogen and oxygen atoms in total. The van der Waals surface area contributed by atoms with Crippen LogP contribution in [-0.2, 0) is 6.61 Å². The van der Waals surface area contributed by atoms with Gasteiger partial charge in [-0.15, -0.1) is 0 Å². The molecule has 0 radical (unpaired) electrons. The Balaban J connectivity index is 1.74. The standard InChI is InChI=1S/C22H17ClN2O3/c1-27-21-12-16(22(26)25-18-7-4-5-15(11-18)13-24)9-10-20(21)28-14-17-6-2-3-8-19(17)23/h2-12H,14H2,1H3,(H,25,26). The number of carbonyl (C=O) groups excluding carboxylic acids is 1. The summed E-state index contributed by atoms with van der Waals surface area (Å²) in [5.41, 5.74) is 2.27. The van der Waals surface area contributed by atoms with E-state index in [1.165, 1.54) is 7.11 Å². The second-order valence-electron chi connectivity index (χ2n) is 5.89. The maximum absolute atomic E-state index is 12.5. The zero-order valence-corrected chi connectivity index (χ0v) is 15.9. The van der Waals surface area contributed by atoms with Crippen molar-refractivity contribution in [2.75, 3.05) is 12.4 Å². The number of nitrogens with zero attached hydrogens (tertiary/aromatic N) is 1. The average molecular weight is 393 g/mol. The van der Waals surface area contributed by atoms with E-state index < -0.39 is 0 Å². The first-order valence-corrected chi connectivity index (χ1v) is 8.84. The van der Waals surface area contributed by atoms with Gasteiger partial charge < -0.3 is 14.8 Å². The highest BCUT2D eigenvalue weighted by Crippen LogP contribution is 2.30. The van der Waals surface area contributed by atoms with Gasteiger partial charge in [0.15, 0.2) is 11.5 Å². The Morgan fingerprint density at radius 3 is 2.64 bits per heavy atom. The van der Waals surface area contributed by atoms with Gasteiger partial charge in [-0.05, 0) is 42.5 Å². The monoisotopic (exact) mass is 392 g/mol. The summed E-state index contributed by atoms with van der Waals surface area (Å²) in [4.78, 5) is 12.5. The van der Waals surface area contributed by atoms with Gasteiger partial charge in [0.1, 0.15) is 6.61 Å². The third-order valence-electron chi connectivity index (χ3n) is 4.02. The van der Waals surface area contributed by atoms with Crippen molar-refractivity contribution >= 4 is 23.2 Å². The van der Waals surface area contributed by atoms with E-state index >= 15 is 0 Å². The molecule has 0 heterocycles. The van der Waals surface area contributed by atoms with Crippen LogP contribution in [0.15, 0.2) is 66.7 Å². The molecule has 0 aliphatic carbocycles. The third kappa shape index (κ3) is 4.61. The third-order valence-corrected chi connectivity index (χ3v) is 4.39. The lowest BCUT2D eigenvalue weighted by Crippen LogP contribution is -2.12. The van der Waals surface area contributed by atoms with Gasteiger partial charge in [-0.1, -0.05) is 35.9 Å². The van der Waals surface area contributed by atoms with Gasteiger partial charge >= 0.3 is 0 Å². The predicted molar refractivity (Wildman–Crippen MR) is 108 cm³/mol. The van der Waals surface area contributed by atoms with Gasteiger partial charge in [0.2, 0.25) is 0 Å². The van der Waals surface area contributed by atoms with Crippen LogP contribution < -0.4 is 14.8 Å². The van der Waals surface area contributed by atoms with E-state index in [0.29, 0.717) is 33.3 Å². The molecule has 28 heavy (non-hydrogen) atoms. The van der Waals surface area contributed by atoms with Crippen molar-refractivity contribution < 1.29 is 14.3 Å². The first kappa shape index (κ1) is 19.3. The normalized spacial score (nSPS) is 10.0. The number of anilines is 1. The van der Waals surface area contributed by atoms with Crippen molar-refractivity contribution in [1.82, 2.24) is 0 Å². The van der Waals surface area contributed by atoms with E-state index in [1.807, 2.05) is 24.3 Å². The minimum absolute atomic E-state index is 0.280. The number of hydrogen-bond donors (Lipinski definition) is 1. The zero-order chi connectivity index (χ0) is 19.9. The number of methoxy groups -OCH3 is 1. The van der Waals surface area contributed by atoms with Crippen molar-refractivity contribution in [3.05, 3.63) is 88.4 Å². The fourth-order valence-electron chi connectivity index (χ4n) is 2.57. The molecule has 0 unspecified atom stereocenters. The SMILES string of the molecule is COc1cc(C(=O)Nc2cccc(C#N)c2)ccc1OCc1ccccc1Cl. The molecule has 0 saturated carbocycles. The van der Waals surface area contributed by atoms with Gasteiger partial charge in [-0.3, -0.25) is 4.79 Å². The molecule has 1 amide bonds. The van der Waals surface area contributed by atoms with E-state index in [9.17, 15) is 4.79 Å². The van der Waals surface area contributed by atoms with Crippen molar-refractivity contribution in [2.24, 2.45) is 0 Å². The Bertz CT molecular complexity index is 1040. The lowest BCUT2D eigenvalue weighted by molar-refractivity contribution is 0.102. The van der Waals surface area contributed by atoms with Crippen LogP contribution in [0.3, 0.4) is 0 Å². The summed E-state index contributed by atoms with van der Waals surface area (Å²) in [5, 5.41) is 12.3. The van der Waals surface area contributed by atoms with E-state index in [0.717, 1.165) is 5.56 Å². The Labute approximate surface area is 168 Å². The molecule has 0 saturated heterocycles. The number of nitrogens with one attached hydrogen (secondary N) is 1. The quantitative estimate of drug-likeness (QED) is 0.637. The molecular weight excluding hydrogens is 376 g/mol. The number of halogens is 1. The second kappa shape index (κ2) is 8.94. The van der Waals surface area contributed by atoms with E-state index in [2.05, 4.69) is 5.32 Å². The van der Waals surface area contributed by atoms with Crippen LogP contribution in [0, 0.1) is 11.3 Å². The summed E-state index contributed by atoms with van der Waals surface area (Å²) >= 11 is 6.15. The molecule has 0 aromatic heterocycles. The Morgan fingerprint density at radius 2 is 1.89 bits per heavy atom. The topological polar surface area (TPSA) is 71.3 Å². The fraction of sp³-hybridized carbons (Fsp3) is 0.0909. The van der Waals surface area contributed by atoms with Crippen LogP contribution in [-0.4, -0.2) is 13.0 Å². The van der Waals surface area contributed by atoms with Gasteiger partial charge in [-0.2, -0.15) is 5.26 Å². The lowest BCUT2D eigenvalue weighted by Gasteiger charge is -2.13. The van der Waals surface area contributed by atoms with Gasteiger partial charge in [-0.25, -0.2) is 0 Å². The van der Waals surface area contributed by atoms with E-state index in [4.69, 9.17) is 26.3 Å². The Hall–Kier alpha value is -3.49. The van der Waals surface area contributed by atoms with E-state index in [1.54, 1.807) is 48.5 Å². The van der Waals surface area contributed by atoms with Gasteiger partial charge in [0.25, 0.3) is 5.91 Å². The molecule has 1 N–H and O–H groups in total. The molecule has 0 atom stereocenters. The minimum Gasteiger partial charge on any atom is -0.493 e. The number of amides is 1. The smallest absolute Gasteiger partial charge is 0.255 e. The summed E-state index contributed by atoms with van der Waals surface area (Å²) in [7, 11) is 1.51. The molecule has 3 rings (SSSR count). The zero-order valence-electron chi connectivity index (χ0n) is 15.1. The van der Waals surface area contributed by atoms with Crippen LogP contribution in [0.2, 0.25) is 5.02 Å². The van der Waals surface area contributed by atoms with Crippen LogP contribution in [0.5, 0.6) is 11.5 Å². The van der Waals surface area contributed by atoms with Gasteiger partial charge in [0, 0.05) is 21.8 Å². The molecule has 0 bridgehead atoms. The molecule has 3 aromatic rings. The lowest BCUT2D eigenvalue weighted by atomic mass is 10.1. The maximum atomic E-state index is 12.5. The molecule has 3 aromatic carbocycles. The molecule has 140 valence electrons. The number of benzene rings is 3. The first-order valence-electron chi connectivity index (χ1n) is 8.46. The Morgan fingerprint density at radius 1 is 1.07 bits per heavy atom. The predicted octanol–water partition coefficient (Wildman–Crippen LogP) is 5.05. The average Bonchev–Trinajstić information content (AvgIpc) is 2.73. The van der Waals surface area contributed by atoms with Crippen molar-refractivity contribution in [2.45, 2.75) is 6.61 Å². The number of nitriles is 1. The summed E-state index contributed by atoms with van der Waals surface area (Å²) in [6.07, 6.45) is 0. The molecule has 0 aliphatic heterocycles. The maximum Gasteiger partial charge on any atom is 0.255 e. The highest BCUT2D eigenvalue weighted by atomic mass is 35.5. The van der Waals surface area contributed by atoms with Crippen molar-refractivity contribution in [3.63, 3.8) is 0 Å². The number of ether oxygens (including phenoxy) is 2. The van der Waals surface area contributed by atoms with Crippen LogP contribution in [0.25, 0.3) is 0 Å². The molecule has 6 heteroatoms. The summed E-state index contributed by atoms with van der Waals surface area (Å²) in [6.45, 7) is 0.280. The fourth-order valence-corrected chi connectivity index (χ4v) is 2.76. The second-order valence-corrected chi connectivity index (χ2v) is 6.30. The van der Waals surface area contributed by atoms with Crippen molar-refractivity contribution in [1.29, 1.82) is 5.26 Å². The highest BCUT2D eigenvalue weighted by molar-refractivity contribution is 6.31. The summed E-state index contributed by atoms with van der Waals surface area (Å²) in [5.74, 6) is 0.627. The molecule has 0 fully saturated rings. The van der Waals surface area contributed by atoms with E-state index in [-0.39, 0.29) is 12.5 Å². The van der Waals surface area contributed by atoms with Crippen LogP contribution in [0.4, 0.5) is 5.69 Å². The Kier molecular flexibility index (Phi) is 6.15. The summed E-state index contributed by atoms with van der Waals surface area (Å²) in [6, 6.07) is 21.1. The van der Waals surface area contributed by atoms with Gasteiger partial charge in [0.05, 0.1) is 18.7 Å². The number of carbonyl (C=O) groups is 1.